The highest BCUT2D eigenvalue weighted by molar-refractivity contribution is 5.88. The minimum atomic E-state index is -0.186. The van der Waals surface area contributed by atoms with Gasteiger partial charge in [-0.25, -0.2) is 0 Å². The molecule has 1 aliphatic carbocycles. The van der Waals surface area contributed by atoms with Crippen LogP contribution in [0.3, 0.4) is 0 Å². The second kappa shape index (κ2) is 7.47. The van der Waals surface area contributed by atoms with Crippen molar-refractivity contribution in [1.82, 2.24) is 0 Å². The predicted molar refractivity (Wildman–Crippen MR) is 119 cm³/mol. The first-order chi connectivity index (χ1) is 14.7. The maximum Gasteiger partial charge on any atom is 0.144 e. The molecule has 1 aromatic heterocycles. The van der Waals surface area contributed by atoms with E-state index in [2.05, 4.69) is 29.4 Å². The Morgan fingerprint density at radius 2 is 1.57 bits per heavy atom. The fraction of sp³-hybridized carbons (Fsp3) is 0.192. The van der Waals surface area contributed by atoms with Crippen LogP contribution in [-0.2, 0) is 10.4 Å². The third-order valence-corrected chi connectivity index (χ3v) is 6.03. The zero-order valence-electron chi connectivity index (χ0n) is 17.0. The Kier molecular flexibility index (Phi) is 4.64. The maximum atomic E-state index is 6.53. The fourth-order valence-electron chi connectivity index (χ4n) is 4.22. The van der Waals surface area contributed by atoms with E-state index in [4.69, 9.17) is 15.0 Å². The molecule has 0 amide bonds. The second-order valence-electron chi connectivity index (χ2n) is 7.88. The van der Waals surface area contributed by atoms with Crippen LogP contribution in [0.15, 0.2) is 88.4 Å². The zero-order valence-corrected chi connectivity index (χ0v) is 17.0. The molecule has 0 bridgehead atoms. The Bertz CT molecular complexity index is 1250. The van der Waals surface area contributed by atoms with Crippen LogP contribution >= 0.6 is 0 Å². The lowest BCUT2D eigenvalue weighted by molar-refractivity contribution is 0.201. The molecule has 30 heavy (non-hydrogen) atoms. The summed E-state index contributed by atoms with van der Waals surface area (Å²) in [6, 6.07) is 26.5. The highest BCUT2D eigenvalue weighted by Gasteiger charge is 2.34. The number of nitrogens with zero attached hydrogens (tertiary/aromatic N) is 1. The van der Waals surface area contributed by atoms with Crippen molar-refractivity contribution in [3.63, 3.8) is 0 Å². The van der Waals surface area contributed by atoms with Crippen molar-refractivity contribution >= 4 is 11.0 Å². The molecule has 0 radical (unpaired) electrons. The summed E-state index contributed by atoms with van der Waals surface area (Å²) in [6.45, 7) is 0. The largest absolute Gasteiger partial charge is 0.455 e. The molecule has 4 nitrogen and oxygen atoms in total. The first-order valence-corrected chi connectivity index (χ1v) is 10.3. The van der Waals surface area contributed by atoms with Crippen LogP contribution in [0.25, 0.3) is 33.4 Å². The lowest BCUT2D eigenvalue weighted by Crippen LogP contribution is -2.43. The van der Waals surface area contributed by atoms with E-state index in [0.717, 1.165) is 51.6 Å². The van der Waals surface area contributed by atoms with Gasteiger partial charge in [0.15, 0.2) is 0 Å². The minimum absolute atomic E-state index is 0.186. The fourth-order valence-corrected chi connectivity index (χ4v) is 4.22. The third kappa shape index (κ3) is 3.10. The SMILES string of the molecule is CO/N=c1/c(-c2ccc(C3(N)CCC3)cc2)c(-c2ccccc2)oc2ccccc12. The van der Waals surface area contributed by atoms with E-state index in [1.54, 1.807) is 7.11 Å². The van der Waals surface area contributed by atoms with Crippen molar-refractivity contribution < 1.29 is 9.25 Å². The molecule has 1 aliphatic rings. The Morgan fingerprint density at radius 3 is 2.23 bits per heavy atom. The highest BCUT2D eigenvalue weighted by Crippen LogP contribution is 2.40. The Labute approximate surface area is 175 Å². The van der Waals surface area contributed by atoms with Crippen molar-refractivity contribution in [3.8, 4) is 22.5 Å². The number of fused-ring (bicyclic) bond motifs is 1. The van der Waals surface area contributed by atoms with E-state index in [-0.39, 0.29) is 5.54 Å². The first kappa shape index (κ1) is 18.6. The molecular weight excluding hydrogens is 372 g/mol. The van der Waals surface area contributed by atoms with Gasteiger partial charge in [-0.1, -0.05) is 71.9 Å². The van der Waals surface area contributed by atoms with Crippen LogP contribution in [0.5, 0.6) is 0 Å². The molecule has 4 aromatic rings. The summed E-state index contributed by atoms with van der Waals surface area (Å²) in [5.41, 5.74) is 11.2. The number of hydrogen-bond acceptors (Lipinski definition) is 4. The summed E-state index contributed by atoms with van der Waals surface area (Å²) in [5.74, 6) is 0.768. The van der Waals surface area contributed by atoms with Crippen molar-refractivity contribution in [1.29, 1.82) is 0 Å². The highest BCUT2D eigenvalue weighted by atomic mass is 16.6. The van der Waals surface area contributed by atoms with Gasteiger partial charge in [0.05, 0.1) is 5.56 Å². The monoisotopic (exact) mass is 396 g/mol. The number of nitrogens with two attached hydrogens (primary N) is 1. The van der Waals surface area contributed by atoms with Crippen LogP contribution in [0.4, 0.5) is 0 Å². The lowest BCUT2D eigenvalue weighted by Gasteiger charge is -2.38. The van der Waals surface area contributed by atoms with Gasteiger partial charge in [-0.05, 0) is 42.5 Å². The maximum absolute atomic E-state index is 6.53. The Balaban J connectivity index is 1.79. The van der Waals surface area contributed by atoms with Crippen LogP contribution in [0.2, 0.25) is 0 Å². The van der Waals surface area contributed by atoms with Crippen LogP contribution in [0, 0.1) is 0 Å². The van der Waals surface area contributed by atoms with E-state index < -0.39 is 0 Å². The van der Waals surface area contributed by atoms with E-state index >= 15 is 0 Å². The molecule has 3 aromatic carbocycles. The van der Waals surface area contributed by atoms with Gasteiger partial charge in [0.25, 0.3) is 0 Å². The van der Waals surface area contributed by atoms with Crippen molar-refractivity contribution in [2.75, 3.05) is 7.11 Å². The number of para-hydroxylation sites is 1. The minimum Gasteiger partial charge on any atom is -0.455 e. The normalized spacial score (nSPS) is 15.7. The molecule has 0 spiro atoms. The van der Waals surface area contributed by atoms with Crippen molar-refractivity contribution in [3.05, 3.63) is 89.8 Å². The molecule has 1 saturated carbocycles. The molecule has 0 unspecified atom stereocenters. The molecule has 0 saturated heterocycles. The van der Waals surface area contributed by atoms with Gasteiger partial charge in [0.2, 0.25) is 0 Å². The molecule has 5 rings (SSSR count). The summed E-state index contributed by atoms with van der Waals surface area (Å²) < 4.78 is 6.41. The standard InChI is InChI=1S/C26H24N2O2/c1-29-28-24-21-10-5-6-11-22(21)30-25(19-8-3-2-4-9-19)23(24)18-12-14-20(15-13-18)26(27)16-7-17-26/h2-6,8-15H,7,16-17,27H2,1H3/b28-24+. The predicted octanol–water partition coefficient (Wildman–Crippen LogP) is 5.57. The van der Waals surface area contributed by atoms with Gasteiger partial charge >= 0.3 is 0 Å². The van der Waals surface area contributed by atoms with Crippen LogP contribution in [-0.4, -0.2) is 7.11 Å². The molecular formula is C26H24N2O2. The summed E-state index contributed by atoms with van der Waals surface area (Å²) in [4.78, 5) is 5.26. The summed E-state index contributed by atoms with van der Waals surface area (Å²) in [5, 5.41) is 6.08. The molecule has 1 fully saturated rings. The molecule has 4 heteroatoms. The second-order valence-corrected chi connectivity index (χ2v) is 7.88. The average molecular weight is 396 g/mol. The van der Waals surface area contributed by atoms with Crippen molar-refractivity contribution in [2.45, 2.75) is 24.8 Å². The molecule has 0 aliphatic heterocycles. The van der Waals surface area contributed by atoms with Gasteiger partial charge in [-0.3, -0.25) is 0 Å². The van der Waals surface area contributed by atoms with Crippen LogP contribution < -0.4 is 11.1 Å². The van der Waals surface area contributed by atoms with Crippen molar-refractivity contribution in [2.24, 2.45) is 10.9 Å². The average Bonchev–Trinajstić information content (AvgIpc) is 2.78. The van der Waals surface area contributed by atoms with E-state index in [9.17, 15) is 0 Å². The number of hydrogen-bond donors (Lipinski definition) is 1. The molecule has 2 N–H and O–H groups in total. The number of benzene rings is 3. The number of rotatable bonds is 4. The summed E-state index contributed by atoms with van der Waals surface area (Å²) in [7, 11) is 1.57. The zero-order chi connectivity index (χ0) is 20.6. The first-order valence-electron chi connectivity index (χ1n) is 10.3. The van der Waals surface area contributed by atoms with E-state index in [1.807, 2.05) is 54.6 Å². The van der Waals surface area contributed by atoms with Gasteiger partial charge in [-0.2, -0.15) is 0 Å². The summed E-state index contributed by atoms with van der Waals surface area (Å²) >= 11 is 0. The summed E-state index contributed by atoms with van der Waals surface area (Å²) in [6.07, 6.45) is 3.27. The smallest absolute Gasteiger partial charge is 0.144 e. The van der Waals surface area contributed by atoms with Crippen LogP contribution in [0.1, 0.15) is 24.8 Å². The van der Waals surface area contributed by atoms with Gasteiger partial charge in [0.1, 0.15) is 23.8 Å². The Morgan fingerprint density at radius 1 is 0.867 bits per heavy atom. The van der Waals surface area contributed by atoms with Gasteiger partial charge < -0.3 is 15.0 Å². The third-order valence-electron chi connectivity index (χ3n) is 6.03. The lowest BCUT2D eigenvalue weighted by atomic mass is 9.72. The van der Waals surface area contributed by atoms with Gasteiger partial charge in [-0.15, -0.1) is 0 Å². The Hall–Kier alpha value is -3.37. The quantitative estimate of drug-likeness (QED) is 0.459. The molecule has 0 atom stereocenters. The van der Waals surface area contributed by atoms with E-state index in [0.29, 0.717) is 0 Å². The molecule has 1 heterocycles. The van der Waals surface area contributed by atoms with E-state index in [1.165, 1.54) is 12.0 Å². The molecule has 150 valence electrons. The topological polar surface area (TPSA) is 60.8 Å². The van der Waals surface area contributed by atoms with Gasteiger partial charge in [0, 0.05) is 16.5 Å².